The van der Waals surface area contributed by atoms with Crippen LogP contribution in [0.5, 0.6) is 0 Å². The van der Waals surface area contributed by atoms with Crippen molar-refractivity contribution in [3.8, 4) is 0 Å². The Bertz CT molecular complexity index is 1130. The summed E-state index contributed by atoms with van der Waals surface area (Å²) in [6.45, 7) is 3.08. The first-order chi connectivity index (χ1) is 14.2. The SMILES string of the molecule is CCN(C(=O)c1ccc2ccccc2c1)c1ccnc(NCc2ccccc2)n1. The smallest absolute Gasteiger partial charge is 0.259 e. The van der Waals surface area contributed by atoms with Crippen LogP contribution in [0.15, 0.2) is 85.1 Å². The molecule has 144 valence electrons. The molecule has 0 bridgehead atoms. The maximum atomic E-state index is 13.2. The summed E-state index contributed by atoms with van der Waals surface area (Å²) in [5.41, 5.74) is 1.78. The number of carbonyl (C=O) groups is 1. The van der Waals surface area contributed by atoms with Gasteiger partial charge in [0.2, 0.25) is 5.95 Å². The zero-order valence-electron chi connectivity index (χ0n) is 16.2. The number of hydrogen-bond acceptors (Lipinski definition) is 4. The van der Waals surface area contributed by atoms with Crippen LogP contribution in [0.4, 0.5) is 11.8 Å². The van der Waals surface area contributed by atoms with Gasteiger partial charge < -0.3 is 5.32 Å². The Hall–Kier alpha value is -3.73. The molecule has 4 aromatic rings. The topological polar surface area (TPSA) is 58.1 Å². The van der Waals surface area contributed by atoms with Crippen molar-refractivity contribution >= 4 is 28.4 Å². The van der Waals surface area contributed by atoms with E-state index < -0.39 is 0 Å². The highest BCUT2D eigenvalue weighted by Crippen LogP contribution is 2.20. The lowest BCUT2D eigenvalue weighted by atomic mass is 10.1. The van der Waals surface area contributed by atoms with E-state index in [2.05, 4.69) is 15.3 Å². The van der Waals surface area contributed by atoms with E-state index in [0.717, 1.165) is 16.3 Å². The molecular formula is C24H22N4O. The molecule has 1 aromatic heterocycles. The Balaban J connectivity index is 1.55. The van der Waals surface area contributed by atoms with Gasteiger partial charge in [0.05, 0.1) is 0 Å². The van der Waals surface area contributed by atoms with E-state index >= 15 is 0 Å². The molecule has 1 amide bonds. The Morgan fingerprint density at radius 1 is 0.931 bits per heavy atom. The molecule has 3 aromatic carbocycles. The van der Waals surface area contributed by atoms with Crippen LogP contribution in [0.3, 0.4) is 0 Å². The summed E-state index contributed by atoms with van der Waals surface area (Å²) < 4.78 is 0. The van der Waals surface area contributed by atoms with Crippen molar-refractivity contribution in [2.45, 2.75) is 13.5 Å². The largest absolute Gasteiger partial charge is 0.350 e. The van der Waals surface area contributed by atoms with Gasteiger partial charge in [0.1, 0.15) is 5.82 Å². The number of rotatable bonds is 6. The van der Waals surface area contributed by atoms with Gasteiger partial charge in [-0.25, -0.2) is 4.98 Å². The average molecular weight is 382 g/mol. The maximum Gasteiger partial charge on any atom is 0.259 e. The molecule has 29 heavy (non-hydrogen) atoms. The summed E-state index contributed by atoms with van der Waals surface area (Å²) in [6.07, 6.45) is 1.67. The molecule has 1 N–H and O–H groups in total. The highest BCUT2D eigenvalue weighted by atomic mass is 16.2. The molecule has 0 aliphatic heterocycles. The number of nitrogens with one attached hydrogen (secondary N) is 1. The third-order valence-electron chi connectivity index (χ3n) is 4.77. The Kier molecular flexibility index (Phi) is 5.47. The molecule has 0 fully saturated rings. The van der Waals surface area contributed by atoms with Crippen LogP contribution in [-0.2, 0) is 6.54 Å². The Morgan fingerprint density at radius 2 is 1.69 bits per heavy atom. The number of carbonyl (C=O) groups excluding carboxylic acids is 1. The standard InChI is InChI=1S/C24H22N4O/c1-2-28(23(29)21-13-12-19-10-6-7-11-20(19)16-21)22-14-15-25-24(27-22)26-17-18-8-4-3-5-9-18/h3-16H,2,17H2,1H3,(H,25,26,27). The molecule has 5 nitrogen and oxygen atoms in total. The Labute approximate surface area is 170 Å². The number of anilines is 2. The predicted octanol–water partition coefficient (Wildman–Crippen LogP) is 4.91. The molecule has 5 heteroatoms. The Morgan fingerprint density at radius 3 is 2.48 bits per heavy atom. The summed E-state index contributed by atoms with van der Waals surface area (Å²) in [6, 6.07) is 25.6. The molecule has 4 rings (SSSR count). The first-order valence-corrected chi connectivity index (χ1v) is 9.66. The van der Waals surface area contributed by atoms with Crippen molar-refractivity contribution in [3.05, 3.63) is 96.2 Å². The van der Waals surface area contributed by atoms with Crippen LogP contribution in [0.25, 0.3) is 10.8 Å². The molecule has 0 unspecified atom stereocenters. The van der Waals surface area contributed by atoms with Gasteiger partial charge in [0.25, 0.3) is 5.91 Å². The average Bonchev–Trinajstić information content (AvgIpc) is 2.79. The maximum absolute atomic E-state index is 13.2. The minimum atomic E-state index is -0.0778. The van der Waals surface area contributed by atoms with Crippen molar-refractivity contribution in [1.29, 1.82) is 0 Å². The number of nitrogens with zero attached hydrogens (tertiary/aromatic N) is 3. The minimum Gasteiger partial charge on any atom is -0.350 e. The van der Waals surface area contributed by atoms with Crippen molar-refractivity contribution in [2.24, 2.45) is 0 Å². The van der Waals surface area contributed by atoms with Crippen LogP contribution in [-0.4, -0.2) is 22.4 Å². The van der Waals surface area contributed by atoms with Gasteiger partial charge in [-0.2, -0.15) is 4.98 Å². The molecule has 0 atom stereocenters. The zero-order valence-corrected chi connectivity index (χ0v) is 16.2. The molecule has 0 aliphatic rings. The van der Waals surface area contributed by atoms with Gasteiger partial charge in [-0.05, 0) is 41.5 Å². The van der Waals surface area contributed by atoms with E-state index in [9.17, 15) is 4.79 Å². The van der Waals surface area contributed by atoms with Gasteiger partial charge in [-0.1, -0.05) is 60.7 Å². The minimum absolute atomic E-state index is 0.0778. The van der Waals surface area contributed by atoms with Gasteiger partial charge >= 0.3 is 0 Å². The molecule has 0 saturated heterocycles. The van der Waals surface area contributed by atoms with E-state index in [4.69, 9.17) is 0 Å². The molecule has 0 radical (unpaired) electrons. The number of aromatic nitrogens is 2. The van der Waals surface area contributed by atoms with Crippen LogP contribution in [0, 0.1) is 0 Å². The zero-order chi connectivity index (χ0) is 20.1. The summed E-state index contributed by atoms with van der Waals surface area (Å²) in [4.78, 5) is 23.7. The monoisotopic (exact) mass is 382 g/mol. The van der Waals surface area contributed by atoms with Crippen molar-refractivity contribution in [2.75, 3.05) is 16.8 Å². The van der Waals surface area contributed by atoms with Crippen LogP contribution < -0.4 is 10.2 Å². The second-order valence-electron chi connectivity index (χ2n) is 6.69. The van der Waals surface area contributed by atoms with E-state index in [-0.39, 0.29) is 5.91 Å². The van der Waals surface area contributed by atoms with Crippen LogP contribution in [0.1, 0.15) is 22.8 Å². The first-order valence-electron chi connectivity index (χ1n) is 9.66. The number of fused-ring (bicyclic) bond motifs is 1. The van der Waals surface area contributed by atoms with E-state index in [1.165, 1.54) is 0 Å². The fraction of sp³-hybridized carbons (Fsp3) is 0.125. The summed E-state index contributed by atoms with van der Waals surface area (Å²) >= 11 is 0. The van der Waals surface area contributed by atoms with Crippen molar-refractivity contribution in [3.63, 3.8) is 0 Å². The van der Waals surface area contributed by atoms with Gasteiger partial charge in [-0.15, -0.1) is 0 Å². The molecule has 0 spiro atoms. The fourth-order valence-corrected chi connectivity index (χ4v) is 3.25. The summed E-state index contributed by atoms with van der Waals surface area (Å²) in [5, 5.41) is 5.38. The normalized spacial score (nSPS) is 10.7. The van der Waals surface area contributed by atoms with Crippen LogP contribution >= 0.6 is 0 Å². The highest BCUT2D eigenvalue weighted by Gasteiger charge is 2.18. The lowest BCUT2D eigenvalue weighted by molar-refractivity contribution is 0.0987. The predicted molar refractivity (Wildman–Crippen MR) is 117 cm³/mol. The fourth-order valence-electron chi connectivity index (χ4n) is 3.25. The highest BCUT2D eigenvalue weighted by molar-refractivity contribution is 6.07. The van der Waals surface area contributed by atoms with Crippen molar-refractivity contribution in [1.82, 2.24) is 9.97 Å². The van der Waals surface area contributed by atoms with E-state index in [1.54, 1.807) is 17.2 Å². The van der Waals surface area contributed by atoms with Crippen molar-refractivity contribution < 1.29 is 4.79 Å². The lowest BCUT2D eigenvalue weighted by Gasteiger charge is -2.20. The summed E-state index contributed by atoms with van der Waals surface area (Å²) in [5.74, 6) is 0.998. The molecule has 1 heterocycles. The second kappa shape index (κ2) is 8.52. The second-order valence-corrected chi connectivity index (χ2v) is 6.69. The molecular weight excluding hydrogens is 360 g/mol. The number of hydrogen-bond donors (Lipinski definition) is 1. The molecule has 0 aliphatic carbocycles. The van der Waals surface area contributed by atoms with E-state index in [1.807, 2.05) is 79.7 Å². The number of benzene rings is 3. The van der Waals surface area contributed by atoms with Gasteiger partial charge in [-0.3, -0.25) is 9.69 Å². The first kappa shape index (κ1) is 18.6. The van der Waals surface area contributed by atoms with Crippen LogP contribution in [0.2, 0.25) is 0 Å². The van der Waals surface area contributed by atoms with Gasteiger partial charge in [0, 0.05) is 24.8 Å². The summed E-state index contributed by atoms with van der Waals surface area (Å²) in [7, 11) is 0. The quantitative estimate of drug-likeness (QED) is 0.515. The third kappa shape index (κ3) is 4.24. The lowest BCUT2D eigenvalue weighted by Crippen LogP contribution is -2.31. The molecule has 0 saturated carbocycles. The van der Waals surface area contributed by atoms with Gasteiger partial charge in [0.15, 0.2) is 0 Å². The third-order valence-corrected chi connectivity index (χ3v) is 4.77. The van der Waals surface area contributed by atoms with E-state index in [0.29, 0.717) is 30.4 Å². The number of amides is 1.